The fraction of sp³-hybridized carbons (Fsp3) is 0.364. The summed E-state index contributed by atoms with van der Waals surface area (Å²) in [4.78, 5) is 1.29. The van der Waals surface area contributed by atoms with E-state index in [0.29, 0.717) is 11.5 Å². The van der Waals surface area contributed by atoms with Crippen LogP contribution in [-0.2, 0) is 9.84 Å². The molecule has 0 heterocycles. The quantitative estimate of drug-likeness (QED) is 0.613. The summed E-state index contributed by atoms with van der Waals surface area (Å²) in [7, 11) is -2.97. The van der Waals surface area contributed by atoms with Gasteiger partial charge in [-0.05, 0) is 18.4 Å². The van der Waals surface area contributed by atoms with Gasteiger partial charge < -0.3 is 11.1 Å². The van der Waals surface area contributed by atoms with E-state index >= 15 is 0 Å². The Bertz CT molecular complexity index is 541. The first-order chi connectivity index (χ1) is 8.35. The summed E-state index contributed by atoms with van der Waals surface area (Å²) < 4.78 is 22.1. The largest absolute Gasteiger partial charge is 0.389 e. The zero-order chi connectivity index (χ0) is 13.8. The molecule has 0 amide bonds. The highest BCUT2D eigenvalue weighted by Gasteiger charge is 2.10. The van der Waals surface area contributed by atoms with E-state index in [9.17, 15) is 8.42 Å². The van der Waals surface area contributed by atoms with Crippen LogP contribution in [-0.4, -0.2) is 38.2 Å². The van der Waals surface area contributed by atoms with Crippen molar-refractivity contribution in [3.8, 4) is 0 Å². The molecule has 4 nitrogen and oxygen atoms in total. The highest BCUT2D eigenvalue weighted by Crippen LogP contribution is 2.26. The number of anilines is 1. The molecule has 0 saturated carbocycles. The third-order valence-corrected chi connectivity index (χ3v) is 4.21. The summed E-state index contributed by atoms with van der Waals surface area (Å²) in [5.41, 5.74) is 7.26. The Balaban J connectivity index is 2.92. The van der Waals surface area contributed by atoms with Crippen LogP contribution < -0.4 is 11.1 Å². The van der Waals surface area contributed by atoms with E-state index in [1.807, 2.05) is 24.5 Å². The summed E-state index contributed by atoms with van der Waals surface area (Å²) >= 11 is 6.58. The van der Waals surface area contributed by atoms with Crippen molar-refractivity contribution in [1.82, 2.24) is 0 Å². The lowest BCUT2D eigenvalue weighted by atomic mass is 10.1. The van der Waals surface area contributed by atoms with Crippen LogP contribution in [0.1, 0.15) is 5.56 Å². The molecule has 0 aliphatic heterocycles. The van der Waals surface area contributed by atoms with Crippen LogP contribution in [0.3, 0.4) is 0 Å². The maximum atomic E-state index is 11.1. The Labute approximate surface area is 117 Å². The Hall–Kier alpha value is -0.790. The third kappa shape index (κ3) is 4.47. The van der Waals surface area contributed by atoms with Crippen molar-refractivity contribution >= 4 is 44.5 Å². The SMILES string of the molecule is CSc1cccc(NCCS(C)(=O)=O)c1C(N)=S. The number of thioether (sulfide) groups is 1. The normalized spacial score (nSPS) is 11.2. The van der Waals surface area contributed by atoms with Gasteiger partial charge in [0.2, 0.25) is 0 Å². The second-order valence-corrected chi connectivity index (χ2v) is 7.35. The van der Waals surface area contributed by atoms with E-state index in [4.69, 9.17) is 18.0 Å². The van der Waals surface area contributed by atoms with Gasteiger partial charge in [0, 0.05) is 28.9 Å². The molecule has 0 aromatic heterocycles. The molecule has 1 aromatic carbocycles. The minimum atomic E-state index is -2.97. The summed E-state index contributed by atoms with van der Waals surface area (Å²) in [5, 5.41) is 3.07. The highest BCUT2D eigenvalue weighted by atomic mass is 32.2. The number of rotatable bonds is 6. The first-order valence-electron chi connectivity index (χ1n) is 5.23. The lowest BCUT2D eigenvalue weighted by Gasteiger charge is -2.13. The fourth-order valence-electron chi connectivity index (χ4n) is 1.47. The van der Waals surface area contributed by atoms with Crippen LogP contribution in [0.4, 0.5) is 5.69 Å². The molecule has 0 spiro atoms. The number of hydrogen-bond acceptors (Lipinski definition) is 5. The standard InChI is InChI=1S/C11H16N2O2S3/c1-17-9-5-3-4-8(10(9)11(12)16)13-6-7-18(2,14)15/h3-5,13H,6-7H2,1-2H3,(H2,12,16). The van der Waals surface area contributed by atoms with Gasteiger partial charge in [0.05, 0.1) is 5.75 Å². The molecule has 100 valence electrons. The maximum Gasteiger partial charge on any atom is 0.149 e. The first kappa shape index (κ1) is 15.3. The molecular weight excluding hydrogens is 288 g/mol. The van der Waals surface area contributed by atoms with Crippen LogP contribution in [0.5, 0.6) is 0 Å². The van der Waals surface area contributed by atoms with Crippen LogP contribution in [0.2, 0.25) is 0 Å². The Morgan fingerprint density at radius 1 is 1.50 bits per heavy atom. The maximum absolute atomic E-state index is 11.1. The molecule has 0 bridgehead atoms. The average Bonchev–Trinajstić information content (AvgIpc) is 2.26. The van der Waals surface area contributed by atoms with Gasteiger partial charge >= 0.3 is 0 Å². The zero-order valence-electron chi connectivity index (χ0n) is 10.3. The molecule has 18 heavy (non-hydrogen) atoms. The summed E-state index contributed by atoms with van der Waals surface area (Å²) in [6.07, 6.45) is 3.15. The molecule has 0 fully saturated rings. The molecular formula is C11H16N2O2S3. The fourth-order valence-corrected chi connectivity index (χ4v) is 2.87. The van der Waals surface area contributed by atoms with Crippen molar-refractivity contribution in [3.63, 3.8) is 0 Å². The smallest absolute Gasteiger partial charge is 0.149 e. The Kier molecular flexibility index (Phi) is 5.43. The van der Waals surface area contributed by atoms with Crippen LogP contribution >= 0.6 is 24.0 Å². The van der Waals surface area contributed by atoms with Gasteiger partial charge in [-0.1, -0.05) is 18.3 Å². The molecule has 0 saturated heterocycles. The van der Waals surface area contributed by atoms with Gasteiger partial charge in [-0.25, -0.2) is 8.42 Å². The number of thiocarbonyl (C=S) groups is 1. The molecule has 0 atom stereocenters. The summed E-state index contributed by atoms with van der Waals surface area (Å²) in [6, 6.07) is 5.66. The van der Waals surface area contributed by atoms with E-state index in [0.717, 1.165) is 16.1 Å². The predicted octanol–water partition coefficient (Wildman–Crippen LogP) is 1.50. The molecule has 0 aliphatic rings. The van der Waals surface area contributed by atoms with Crippen LogP contribution in [0, 0.1) is 0 Å². The van der Waals surface area contributed by atoms with Crippen LogP contribution in [0.15, 0.2) is 23.1 Å². The topological polar surface area (TPSA) is 72.2 Å². The van der Waals surface area contributed by atoms with E-state index in [-0.39, 0.29) is 5.75 Å². The lowest BCUT2D eigenvalue weighted by molar-refractivity contribution is 0.602. The summed E-state index contributed by atoms with van der Waals surface area (Å²) in [5.74, 6) is 0.0767. The van der Waals surface area contributed by atoms with Crippen molar-refractivity contribution < 1.29 is 8.42 Å². The van der Waals surface area contributed by atoms with E-state index < -0.39 is 9.84 Å². The highest BCUT2D eigenvalue weighted by molar-refractivity contribution is 7.98. The Morgan fingerprint density at radius 3 is 2.67 bits per heavy atom. The minimum absolute atomic E-state index is 0.0767. The zero-order valence-corrected chi connectivity index (χ0v) is 12.7. The van der Waals surface area contributed by atoms with Crippen molar-refractivity contribution in [2.45, 2.75) is 4.90 Å². The lowest BCUT2D eigenvalue weighted by Crippen LogP contribution is -2.18. The van der Waals surface area contributed by atoms with Gasteiger partial charge in [0.1, 0.15) is 14.8 Å². The number of sulfone groups is 1. The monoisotopic (exact) mass is 304 g/mol. The second-order valence-electron chi connectivity index (χ2n) is 3.80. The van der Waals surface area contributed by atoms with Gasteiger partial charge in [-0.15, -0.1) is 11.8 Å². The average molecular weight is 304 g/mol. The number of nitrogens with one attached hydrogen (secondary N) is 1. The van der Waals surface area contributed by atoms with Gasteiger partial charge in [0.15, 0.2) is 0 Å². The van der Waals surface area contributed by atoms with Gasteiger partial charge in [0.25, 0.3) is 0 Å². The van der Waals surface area contributed by atoms with Gasteiger partial charge in [-0.3, -0.25) is 0 Å². The third-order valence-electron chi connectivity index (χ3n) is 2.28. The molecule has 0 aliphatic carbocycles. The number of benzene rings is 1. The van der Waals surface area contributed by atoms with E-state index in [1.54, 1.807) is 11.8 Å². The predicted molar refractivity (Wildman–Crippen MR) is 82.3 cm³/mol. The molecule has 3 N–H and O–H groups in total. The number of nitrogens with two attached hydrogens (primary N) is 1. The molecule has 0 radical (unpaired) electrons. The molecule has 0 unspecified atom stereocenters. The van der Waals surface area contributed by atoms with Crippen LogP contribution in [0.25, 0.3) is 0 Å². The van der Waals surface area contributed by atoms with Crippen molar-refractivity contribution in [2.24, 2.45) is 5.73 Å². The summed E-state index contributed by atoms with van der Waals surface area (Å²) in [6.45, 7) is 0.340. The van der Waals surface area contributed by atoms with Gasteiger partial charge in [-0.2, -0.15) is 0 Å². The molecule has 1 aromatic rings. The second kappa shape index (κ2) is 6.40. The van der Waals surface area contributed by atoms with Crippen molar-refractivity contribution in [2.75, 3.05) is 30.1 Å². The first-order valence-corrected chi connectivity index (χ1v) is 8.93. The molecule has 7 heteroatoms. The van der Waals surface area contributed by atoms with E-state index in [2.05, 4.69) is 5.32 Å². The minimum Gasteiger partial charge on any atom is -0.389 e. The Morgan fingerprint density at radius 2 is 2.17 bits per heavy atom. The van der Waals surface area contributed by atoms with Crippen molar-refractivity contribution in [3.05, 3.63) is 23.8 Å². The molecule has 1 rings (SSSR count). The van der Waals surface area contributed by atoms with E-state index in [1.165, 1.54) is 6.26 Å². The number of hydrogen-bond donors (Lipinski definition) is 2. The van der Waals surface area contributed by atoms with Crippen molar-refractivity contribution in [1.29, 1.82) is 0 Å².